The molecule has 2 heterocycles. The van der Waals surface area contributed by atoms with Crippen molar-refractivity contribution in [2.75, 3.05) is 11.8 Å². The van der Waals surface area contributed by atoms with Crippen LogP contribution < -0.4 is 20.5 Å². The van der Waals surface area contributed by atoms with Gasteiger partial charge in [-0.15, -0.1) is 11.3 Å². The number of methoxy groups -OCH3 is 1. The predicted molar refractivity (Wildman–Crippen MR) is 151 cm³/mol. The van der Waals surface area contributed by atoms with Crippen LogP contribution in [0.2, 0.25) is 4.34 Å². The fraction of sp³-hybridized carbons (Fsp3) is 0.240. The molecule has 0 saturated carbocycles. The van der Waals surface area contributed by atoms with Crippen molar-refractivity contribution in [1.82, 2.24) is 15.1 Å². The molecule has 0 aliphatic heterocycles. The van der Waals surface area contributed by atoms with Crippen molar-refractivity contribution >= 4 is 61.6 Å². The second-order valence-corrected chi connectivity index (χ2v) is 12.3. The van der Waals surface area contributed by atoms with Crippen molar-refractivity contribution in [3.05, 3.63) is 70.1 Å². The highest BCUT2D eigenvalue weighted by atomic mass is 35.5. The lowest BCUT2D eigenvalue weighted by Gasteiger charge is -2.11. The number of aliphatic carboxylic acids is 1. The molecule has 1 atom stereocenters. The Morgan fingerprint density at radius 2 is 1.81 bits per heavy atom. The number of amides is 1. The lowest BCUT2D eigenvalue weighted by atomic mass is 10.1. The SMILES string of the molecule is COc1cccc2c1c(NS(=O)(=O)c1ccc(Cl)s1)nn2Cc1cccc(CN[C@@H](C)C(N)=O)c1.O=C(O)C(F)(F)F. The molecule has 0 unspecified atom stereocenters. The second kappa shape index (κ2) is 13.4. The minimum atomic E-state index is -5.08. The molecule has 0 spiro atoms. The molecule has 1 amide bonds. The molecule has 0 bridgehead atoms. The normalized spacial score (nSPS) is 12.3. The molecule has 0 aliphatic rings. The number of halogens is 4. The molecule has 42 heavy (non-hydrogen) atoms. The summed E-state index contributed by atoms with van der Waals surface area (Å²) in [6, 6.07) is 15.8. The Hall–Kier alpha value is -3.86. The van der Waals surface area contributed by atoms with Crippen LogP contribution >= 0.6 is 22.9 Å². The fourth-order valence-corrected chi connectivity index (χ4v) is 6.05. The van der Waals surface area contributed by atoms with Crippen LogP contribution in [0.25, 0.3) is 10.9 Å². The number of aromatic nitrogens is 2. The maximum absolute atomic E-state index is 13.0. The number of carboxylic acid groups (broad SMARTS) is 1. The largest absolute Gasteiger partial charge is 0.496 e. The number of carboxylic acids is 1. The molecule has 2 aromatic carbocycles. The number of rotatable bonds is 10. The number of thiophene rings is 1. The number of hydrogen-bond donors (Lipinski definition) is 4. The summed E-state index contributed by atoms with van der Waals surface area (Å²) in [5, 5.41) is 15.3. The molecule has 0 fully saturated rings. The minimum absolute atomic E-state index is 0.0884. The highest BCUT2D eigenvalue weighted by molar-refractivity contribution is 7.94. The Kier molecular flexibility index (Phi) is 10.4. The Balaban J connectivity index is 0.000000616. The van der Waals surface area contributed by atoms with E-state index >= 15 is 0 Å². The van der Waals surface area contributed by atoms with Crippen molar-refractivity contribution in [3.63, 3.8) is 0 Å². The summed E-state index contributed by atoms with van der Waals surface area (Å²) in [6.07, 6.45) is -5.08. The molecule has 0 aliphatic carbocycles. The van der Waals surface area contributed by atoms with E-state index in [0.717, 1.165) is 22.5 Å². The van der Waals surface area contributed by atoms with Gasteiger partial charge in [-0.2, -0.15) is 18.3 Å². The molecule has 17 heteroatoms. The summed E-state index contributed by atoms with van der Waals surface area (Å²) in [6.45, 7) is 2.57. The van der Waals surface area contributed by atoms with Crippen LogP contribution in [0.3, 0.4) is 0 Å². The monoisotopic (exact) mass is 647 g/mol. The number of carbonyl (C=O) groups is 2. The van der Waals surface area contributed by atoms with Gasteiger partial charge in [-0.1, -0.05) is 41.9 Å². The van der Waals surface area contributed by atoms with Gasteiger partial charge in [0.05, 0.1) is 34.9 Å². The molecule has 226 valence electrons. The fourth-order valence-electron chi connectivity index (χ4n) is 3.56. The standard InChI is InChI=1S/C23H24ClN5O4S2.C2HF3O2/c1-14(22(25)30)26-12-15-5-3-6-16(11-15)13-29-17-7-4-8-18(33-2)21(17)23(27-29)28-35(31,32)20-10-9-19(24)34-20;3-2(4,5)1(6)7/h3-11,14,26H,12-13H2,1-2H3,(H2,25,30)(H,27,28);(H,6,7)/t14-;/m0./s1. The highest BCUT2D eigenvalue weighted by Crippen LogP contribution is 2.35. The van der Waals surface area contributed by atoms with Gasteiger partial charge in [-0.05, 0) is 42.3 Å². The number of anilines is 1. The maximum Gasteiger partial charge on any atom is 0.490 e. The van der Waals surface area contributed by atoms with Gasteiger partial charge in [-0.25, -0.2) is 13.2 Å². The van der Waals surface area contributed by atoms with Gasteiger partial charge in [0, 0.05) is 6.54 Å². The lowest BCUT2D eigenvalue weighted by Crippen LogP contribution is -2.38. The smallest absolute Gasteiger partial charge is 0.490 e. The summed E-state index contributed by atoms with van der Waals surface area (Å²) >= 11 is 6.90. The minimum Gasteiger partial charge on any atom is -0.496 e. The van der Waals surface area contributed by atoms with Gasteiger partial charge in [-0.3, -0.25) is 14.2 Å². The summed E-state index contributed by atoms with van der Waals surface area (Å²) < 4.78 is 67.9. The first-order valence-corrected chi connectivity index (χ1v) is 14.5. The van der Waals surface area contributed by atoms with E-state index in [-0.39, 0.29) is 10.0 Å². The molecule has 0 radical (unpaired) electrons. The lowest BCUT2D eigenvalue weighted by molar-refractivity contribution is -0.192. The van der Waals surface area contributed by atoms with Crippen LogP contribution in [0.1, 0.15) is 18.1 Å². The molecule has 11 nitrogen and oxygen atoms in total. The average Bonchev–Trinajstić information content (AvgIpc) is 3.51. The Labute approximate surface area is 247 Å². The Morgan fingerprint density at radius 3 is 2.38 bits per heavy atom. The van der Waals surface area contributed by atoms with E-state index in [1.165, 1.54) is 19.2 Å². The zero-order chi connectivity index (χ0) is 31.2. The van der Waals surface area contributed by atoms with Gasteiger partial charge in [0.2, 0.25) is 5.91 Å². The molecular weight excluding hydrogens is 623 g/mol. The van der Waals surface area contributed by atoms with Gasteiger partial charge in [0.25, 0.3) is 10.0 Å². The number of nitrogens with two attached hydrogens (primary N) is 1. The maximum atomic E-state index is 13.0. The second-order valence-electron chi connectivity index (χ2n) is 8.65. The number of ether oxygens (including phenoxy) is 1. The van der Waals surface area contributed by atoms with Gasteiger partial charge in [0.1, 0.15) is 9.96 Å². The van der Waals surface area contributed by atoms with Crippen molar-refractivity contribution in [1.29, 1.82) is 0 Å². The van der Waals surface area contributed by atoms with Crippen molar-refractivity contribution in [3.8, 4) is 5.75 Å². The summed E-state index contributed by atoms with van der Waals surface area (Å²) in [5.74, 6) is -2.52. The molecule has 4 rings (SSSR count). The van der Waals surface area contributed by atoms with Gasteiger partial charge < -0.3 is 20.9 Å². The topological polar surface area (TPSA) is 166 Å². The molecule has 2 aromatic heterocycles. The van der Waals surface area contributed by atoms with Crippen LogP contribution in [-0.2, 0) is 32.7 Å². The molecular formula is C25H25ClF3N5O6S2. The van der Waals surface area contributed by atoms with Crippen LogP contribution in [0.5, 0.6) is 5.75 Å². The first-order chi connectivity index (χ1) is 19.6. The van der Waals surface area contributed by atoms with E-state index < -0.39 is 34.1 Å². The zero-order valence-electron chi connectivity index (χ0n) is 22.0. The highest BCUT2D eigenvalue weighted by Gasteiger charge is 2.38. The van der Waals surface area contributed by atoms with Crippen molar-refractivity contribution in [2.45, 2.75) is 36.4 Å². The summed E-state index contributed by atoms with van der Waals surface area (Å²) in [4.78, 5) is 20.2. The van der Waals surface area contributed by atoms with Crippen LogP contribution in [0.4, 0.5) is 19.0 Å². The first kappa shape index (κ1) is 32.7. The van der Waals surface area contributed by atoms with Crippen molar-refractivity contribution in [2.24, 2.45) is 5.73 Å². The van der Waals surface area contributed by atoms with E-state index in [1.807, 2.05) is 36.4 Å². The van der Waals surface area contributed by atoms with E-state index in [9.17, 15) is 26.4 Å². The molecule has 0 saturated heterocycles. The van der Waals surface area contributed by atoms with E-state index in [2.05, 4.69) is 15.1 Å². The number of hydrogen-bond acceptors (Lipinski definition) is 8. The van der Waals surface area contributed by atoms with Gasteiger partial charge >= 0.3 is 12.1 Å². The van der Waals surface area contributed by atoms with Crippen LogP contribution in [-0.4, -0.2) is 54.5 Å². The Morgan fingerprint density at radius 1 is 1.17 bits per heavy atom. The van der Waals surface area contributed by atoms with Crippen LogP contribution in [0.15, 0.2) is 58.8 Å². The number of fused-ring (bicyclic) bond motifs is 1. The zero-order valence-corrected chi connectivity index (χ0v) is 24.4. The molecule has 4 aromatic rings. The third kappa shape index (κ3) is 8.34. The Bertz CT molecular complexity index is 1690. The van der Waals surface area contributed by atoms with Crippen LogP contribution in [0, 0.1) is 0 Å². The number of nitrogens with zero attached hydrogens (tertiary/aromatic N) is 2. The number of sulfonamides is 1. The first-order valence-electron chi connectivity index (χ1n) is 11.8. The number of nitrogens with one attached hydrogen (secondary N) is 2. The number of primary amides is 1. The van der Waals surface area contributed by atoms with Crippen molar-refractivity contribution < 1.29 is 41.0 Å². The number of alkyl halides is 3. The average molecular weight is 648 g/mol. The third-order valence-corrected chi connectivity index (χ3v) is 8.67. The van der Waals surface area contributed by atoms with E-state index in [1.54, 1.807) is 17.7 Å². The number of carbonyl (C=O) groups excluding carboxylic acids is 1. The third-order valence-electron chi connectivity index (χ3n) is 5.61. The quantitative estimate of drug-likeness (QED) is 0.199. The number of benzene rings is 2. The predicted octanol–water partition coefficient (Wildman–Crippen LogP) is 4.21. The summed E-state index contributed by atoms with van der Waals surface area (Å²) in [7, 11) is -2.37. The van der Waals surface area contributed by atoms with E-state index in [0.29, 0.717) is 34.1 Å². The van der Waals surface area contributed by atoms with Gasteiger partial charge in [0.15, 0.2) is 5.82 Å². The van der Waals surface area contributed by atoms with E-state index in [4.69, 9.17) is 32.0 Å². The summed E-state index contributed by atoms with van der Waals surface area (Å²) in [5.41, 5.74) is 7.94. The molecule has 5 N–H and O–H groups in total.